The third kappa shape index (κ3) is 4.02. The minimum Gasteiger partial charge on any atom is -0.478 e. The van der Waals surface area contributed by atoms with E-state index in [2.05, 4.69) is 5.32 Å². The van der Waals surface area contributed by atoms with Crippen molar-refractivity contribution in [2.24, 2.45) is 0 Å². The van der Waals surface area contributed by atoms with E-state index in [0.717, 1.165) is 6.42 Å². The molecule has 4 heteroatoms. The van der Waals surface area contributed by atoms with E-state index in [1.165, 1.54) is 12.1 Å². The highest BCUT2D eigenvalue weighted by Crippen LogP contribution is 2.18. The monoisotopic (exact) mass is 253 g/mol. The summed E-state index contributed by atoms with van der Waals surface area (Å²) in [5.41, 5.74) is 0. The highest BCUT2D eigenvalue weighted by molar-refractivity contribution is 5.81. The summed E-state index contributed by atoms with van der Waals surface area (Å²) in [5, 5.41) is 2.83. The van der Waals surface area contributed by atoms with Crippen LogP contribution in [0.25, 0.3) is 0 Å². The first-order valence-electron chi connectivity index (χ1n) is 6.30. The van der Waals surface area contributed by atoms with Crippen LogP contribution in [0.4, 0.5) is 4.39 Å². The maximum Gasteiger partial charge on any atom is 0.261 e. The second-order valence-corrected chi connectivity index (χ2v) is 4.26. The lowest BCUT2D eigenvalue weighted by molar-refractivity contribution is -0.128. The fraction of sp³-hybridized carbons (Fsp3) is 0.500. The van der Waals surface area contributed by atoms with Crippen LogP contribution in [0.15, 0.2) is 24.3 Å². The van der Waals surface area contributed by atoms with Gasteiger partial charge in [-0.25, -0.2) is 4.39 Å². The molecule has 100 valence electrons. The molecule has 1 N–H and O–H groups in total. The standard InChI is InChI=1S/C14H20FNO2/c1-4-10(3)16-14(17)12(5-2)18-13-9-7-6-8-11(13)15/h6-10,12H,4-5H2,1-3H3,(H,16,17)/t10-,12+/m1/s1. The first kappa shape index (κ1) is 14.5. The first-order chi connectivity index (χ1) is 8.58. The van der Waals surface area contributed by atoms with Crippen molar-refractivity contribution in [3.05, 3.63) is 30.1 Å². The summed E-state index contributed by atoms with van der Waals surface area (Å²) in [7, 11) is 0. The van der Waals surface area contributed by atoms with Gasteiger partial charge in [-0.15, -0.1) is 0 Å². The van der Waals surface area contributed by atoms with Gasteiger partial charge in [0.25, 0.3) is 5.91 Å². The largest absolute Gasteiger partial charge is 0.478 e. The summed E-state index contributed by atoms with van der Waals surface area (Å²) in [6, 6.07) is 6.19. The molecule has 1 rings (SSSR count). The Labute approximate surface area is 107 Å². The van der Waals surface area contributed by atoms with E-state index in [1.54, 1.807) is 12.1 Å². The number of rotatable bonds is 6. The number of ether oxygens (including phenoxy) is 1. The van der Waals surface area contributed by atoms with Crippen molar-refractivity contribution in [2.45, 2.75) is 45.8 Å². The highest BCUT2D eigenvalue weighted by Gasteiger charge is 2.20. The number of nitrogens with one attached hydrogen (secondary N) is 1. The molecule has 18 heavy (non-hydrogen) atoms. The number of para-hydroxylation sites is 1. The van der Waals surface area contributed by atoms with E-state index in [1.807, 2.05) is 20.8 Å². The first-order valence-corrected chi connectivity index (χ1v) is 6.30. The molecule has 0 aliphatic carbocycles. The Kier molecular flexibility index (Phi) is 5.62. The van der Waals surface area contributed by atoms with Gasteiger partial charge in [0.15, 0.2) is 17.7 Å². The number of hydrogen-bond acceptors (Lipinski definition) is 2. The number of carbonyl (C=O) groups excluding carboxylic acids is 1. The Morgan fingerprint density at radius 2 is 2.00 bits per heavy atom. The molecular weight excluding hydrogens is 233 g/mol. The van der Waals surface area contributed by atoms with Crippen LogP contribution in [-0.4, -0.2) is 18.1 Å². The van der Waals surface area contributed by atoms with E-state index in [-0.39, 0.29) is 17.7 Å². The quantitative estimate of drug-likeness (QED) is 0.846. The molecule has 0 unspecified atom stereocenters. The van der Waals surface area contributed by atoms with Crippen LogP contribution in [0.5, 0.6) is 5.75 Å². The molecule has 0 spiro atoms. The summed E-state index contributed by atoms with van der Waals surface area (Å²) in [6.07, 6.45) is 0.689. The van der Waals surface area contributed by atoms with Crippen LogP contribution < -0.4 is 10.1 Å². The van der Waals surface area contributed by atoms with Gasteiger partial charge in [-0.3, -0.25) is 4.79 Å². The molecule has 0 radical (unpaired) electrons. The molecule has 0 bridgehead atoms. The highest BCUT2D eigenvalue weighted by atomic mass is 19.1. The smallest absolute Gasteiger partial charge is 0.261 e. The second-order valence-electron chi connectivity index (χ2n) is 4.26. The topological polar surface area (TPSA) is 38.3 Å². The molecule has 0 fully saturated rings. The number of halogens is 1. The number of amides is 1. The molecule has 1 aromatic rings. The van der Waals surface area contributed by atoms with Gasteiger partial charge >= 0.3 is 0 Å². The average Bonchev–Trinajstić information content (AvgIpc) is 2.37. The maximum atomic E-state index is 13.4. The summed E-state index contributed by atoms with van der Waals surface area (Å²) in [6.45, 7) is 5.75. The van der Waals surface area contributed by atoms with Gasteiger partial charge in [0.1, 0.15) is 0 Å². The van der Waals surface area contributed by atoms with Crippen LogP contribution in [0.2, 0.25) is 0 Å². The van der Waals surface area contributed by atoms with Crippen molar-refractivity contribution >= 4 is 5.91 Å². The molecule has 1 amide bonds. The molecule has 0 aromatic heterocycles. The van der Waals surface area contributed by atoms with E-state index in [4.69, 9.17) is 4.74 Å². The third-order valence-electron chi connectivity index (χ3n) is 2.77. The van der Waals surface area contributed by atoms with Gasteiger partial charge in [0.05, 0.1) is 0 Å². The summed E-state index contributed by atoms with van der Waals surface area (Å²) in [4.78, 5) is 11.9. The summed E-state index contributed by atoms with van der Waals surface area (Å²) >= 11 is 0. The van der Waals surface area contributed by atoms with Crippen LogP contribution >= 0.6 is 0 Å². The molecular formula is C14H20FNO2. The minimum atomic E-state index is -0.657. The fourth-order valence-corrected chi connectivity index (χ4v) is 1.45. The lowest BCUT2D eigenvalue weighted by atomic mass is 10.2. The van der Waals surface area contributed by atoms with E-state index < -0.39 is 11.9 Å². The van der Waals surface area contributed by atoms with E-state index in [0.29, 0.717) is 6.42 Å². The van der Waals surface area contributed by atoms with Gasteiger partial charge in [-0.05, 0) is 31.9 Å². The van der Waals surface area contributed by atoms with Gasteiger partial charge < -0.3 is 10.1 Å². The average molecular weight is 253 g/mol. The Bertz CT molecular complexity index is 395. The molecule has 0 saturated carbocycles. The molecule has 0 aliphatic heterocycles. The predicted octanol–water partition coefficient (Wildman–Crippen LogP) is 2.90. The number of carbonyl (C=O) groups is 1. The van der Waals surface area contributed by atoms with E-state index in [9.17, 15) is 9.18 Å². The van der Waals surface area contributed by atoms with Gasteiger partial charge in [0.2, 0.25) is 0 Å². The molecule has 0 saturated heterocycles. The Hall–Kier alpha value is -1.58. The zero-order chi connectivity index (χ0) is 13.5. The summed E-state index contributed by atoms with van der Waals surface area (Å²) in [5.74, 6) is -0.536. The Morgan fingerprint density at radius 1 is 1.33 bits per heavy atom. The van der Waals surface area contributed by atoms with Gasteiger partial charge in [0, 0.05) is 6.04 Å². The zero-order valence-electron chi connectivity index (χ0n) is 11.1. The number of benzene rings is 1. The van der Waals surface area contributed by atoms with Gasteiger partial charge in [-0.1, -0.05) is 26.0 Å². The van der Waals surface area contributed by atoms with Crippen LogP contribution in [0.3, 0.4) is 0 Å². The molecule has 0 heterocycles. The van der Waals surface area contributed by atoms with Crippen molar-refractivity contribution in [3.8, 4) is 5.75 Å². The molecule has 2 atom stereocenters. The van der Waals surface area contributed by atoms with Crippen molar-refractivity contribution in [2.75, 3.05) is 0 Å². The fourth-order valence-electron chi connectivity index (χ4n) is 1.45. The SMILES string of the molecule is CC[C@@H](C)NC(=O)[C@H](CC)Oc1ccccc1F. The van der Waals surface area contributed by atoms with Crippen molar-refractivity contribution in [1.29, 1.82) is 0 Å². The van der Waals surface area contributed by atoms with E-state index >= 15 is 0 Å². The van der Waals surface area contributed by atoms with Crippen LogP contribution in [0, 0.1) is 5.82 Å². The van der Waals surface area contributed by atoms with Crippen LogP contribution in [0.1, 0.15) is 33.6 Å². The zero-order valence-corrected chi connectivity index (χ0v) is 11.1. The third-order valence-corrected chi connectivity index (χ3v) is 2.77. The lowest BCUT2D eigenvalue weighted by Gasteiger charge is -2.20. The van der Waals surface area contributed by atoms with Gasteiger partial charge in [-0.2, -0.15) is 0 Å². The number of hydrogen-bond donors (Lipinski definition) is 1. The minimum absolute atomic E-state index is 0.0933. The van der Waals surface area contributed by atoms with Crippen molar-refractivity contribution in [3.63, 3.8) is 0 Å². The van der Waals surface area contributed by atoms with Crippen molar-refractivity contribution in [1.82, 2.24) is 5.32 Å². The van der Waals surface area contributed by atoms with Crippen LogP contribution in [-0.2, 0) is 4.79 Å². The predicted molar refractivity (Wildman–Crippen MR) is 69.0 cm³/mol. The Morgan fingerprint density at radius 3 is 2.56 bits per heavy atom. The summed E-state index contributed by atoms with van der Waals surface area (Å²) < 4.78 is 18.8. The molecule has 3 nitrogen and oxygen atoms in total. The lowest BCUT2D eigenvalue weighted by Crippen LogP contribution is -2.42. The molecule has 0 aliphatic rings. The van der Waals surface area contributed by atoms with Crippen molar-refractivity contribution < 1.29 is 13.9 Å². The Balaban J connectivity index is 2.67. The maximum absolute atomic E-state index is 13.4. The molecule has 1 aromatic carbocycles. The normalized spacial score (nSPS) is 13.8. The second kappa shape index (κ2) is 6.99.